The molecule has 9 heavy (non-hydrogen) atoms. The Labute approximate surface area is 51.0 Å². The third-order valence-corrected chi connectivity index (χ3v) is 1.24. The van der Waals surface area contributed by atoms with E-state index in [9.17, 15) is 8.78 Å². The molecule has 1 rings (SSSR count). The van der Waals surface area contributed by atoms with Crippen molar-refractivity contribution in [3.05, 3.63) is 0 Å². The molecule has 0 aromatic heterocycles. The van der Waals surface area contributed by atoms with E-state index in [0.29, 0.717) is 0 Å². The van der Waals surface area contributed by atoms with Crippen molar-refractivity contribution in [3.63, 3.8) is 0 Å². The van der Waals surface area contributed by atoms with Gasteiger partial charge in [-0.15, -0.1) is 0 Å². The summed E-state index contributed by atoms with van der Waals surface area (Å²) in [4.78, 5) is 0. The molecule has 0 N–H and O–H groups in total. The largest absolute Gasteiger partial charge is 0.374 e. The average molecular weight is 133 g/mol. The maximum atomic E-state index is 12.3. The van der Waals surface area contributed by atoms with Gasteiger partial charge in [0.25, 0.3) is 5.92 Å². The molecular weight excluding hydrogens is 128 g/mol. The molecule has 0 bridgehead atoms. The van der Waals surface area contributed by atoms with Crippen molar-refractivity contribution in [1.82, 2.24) is 0 Å². The summed E-state index contributed by atoms with van der Waals surface area (Å²) in [6.07, 6.45) is 0. The van der Waals surface area contributed by atoms with Gasteiger partial charge < -0.3 is 4.74 Å². The van der Waals surface area contributed by atoms with Crippen LogP contribution in [0.15, 0.2) is 0 Å². The van der Waals surface area contributed by atoms with Crippen LogP contribution in [0.25, 0.3) is 0 Å². The van der Waals surface area contributed by atoms with Gasteiger partial charge in [0.15, 0.2) is 0 Å². The fourth-order valence-corrected chi connectivity index (χ4v) is 0.667. The minimum atomic E-state index is -2.92. The van der Waals surface area contributed by atoms with Gasteiger partial charge in [-0.05, 0) is 0 Å². The van der Waals surface area contributed by atoms with E-state index < -0.39 is 18.4 Å². The molecule has 1 aliphatic rings. The monoisotopic (exact) mass is 133 g/mol. The van der Waals surface area contributed by atoms with Crippen molar-refractivity contribution < 1.29 is 13.5 Å². The zero-order valence-electron chi connectivity index (χ0n) is 4.60. The SMILES string of the molecule is N#CC1COCC1(F)F. The molecule has 1 aliphatic heterocycles. The molecule has 1 atom stereocenters. The first-order chi connectivity index (χ1) is 4.17. The van der Waals surface area contributed by atoms with Crippen molar-refractivity contribution in [3.8, 4) is 6.07 Å². The van der Waals surface area contributed by atoms with Crippen LogP contribution in [0.1, 0.15) is 0 Å². The molecule has 0 aliphatic carbocycles. The molecule has 0 aromatic rings. The fourth-order valence-electron chi connectivity index (χ4n) is 0.667. The molecule has 1 fully saturated rings. The normalized spacial score (nSPS) is 31.9. The van der Waals surface area contributed by atoms with Crippen molar-refractivity contribution in [1.29, 1.82) is 5.26 Å². The lowest BCUT2D eigenvalue weighted by molar-refractivity contribution is -0.0235. The zero-order valence-corrected chi connectivity index (χ0v) is 4.60. The Bertz CT molecular complexity index is 152. The van der Waals surface area contributed by atoms with Gasteiger partial charge in [0.2, 0.25) is 0 Å². The second kappa shape index (κ2) is 1.92. The molecular formula is C5H5F2NO. The average Bonchev–Trinajstić information content (AvgIpc) is 2.08. The van der Waals surface area contributed by atoms with Crippen LogP contribution in [0.2, 0.25) is 0 Å². The number of halogens is 2. The molecule has 1 saturated heterocycles. The van der Waals surface area contributed by atoms with E-state index in [1.165, 1.54) is 6.07 Å². The van der Waals surface area contributed by atoms with Gasteiger partial charge in [-0.2, -0.15) is 5.26 Å². The third-order valence-electron chi connectivity index (χ3n) is 1.24. The lowest BCUT2D eigenvalue weighted by Gasteiger charge is -2.07. The summed E-state index contributed by atoms with van der Waals surface area (Å²) in [5.74, 6) is -4.16. The predicted octanol–water partition coefficient (Wildman–Crippen LogP) is 0.792. The molecule has 2 nitrogen and oxygen atoms in total. The highest BCUT2D eigenvalue weighted by molar-refractivity contribution is 4.96. The van der Waals surface area contributed by atoms with E-state index in [-0.39, 0.29) is 6.61 Å². The molecule has 1 unspecified atom stereocenters. The number of hydrogen-bond acceptors (Lipinski definition) is 2. The number of hydrogen-bond donors (Lipinski definition) is 0. The Hall–Kier alpha value is -0.690. The molecule has 1 heterocycles. The summed E-state index contributed by atoms with van der Waals surface area (Å²) < 4.78 is 28.9. The minimum absolute atomic E-state index is 0.135. The molecule has 0 aromatic carbocycles. The summed E-state index contributed by atoms with van der Waals surface area (Å²) in [5.41, 5.74) is 0. The van der Waals surface area contributed by atoms with Gasteiger partial charge in [0.05, 0.1) is 12.7 Å². The van der Waals surface area contributed by atoms with Gasteiger partial charge >= 0.3 is 0 Å². The maximum Gasteiger partial charge on any atom is 0.288 e. The molecule has 0 spiro atoms. The van der Waals surface area contributed by atoms with Crippen LogP contribution in [-0.4, -0.2) is 19.1 Å². The van der Waals surface area contributed by atoms with Gasteiger partial charge in [-0.25, -0.2) is 8.78 Å². The Balaban J connectivity index is 2.65. The van der Waals surface area contributed by atoms with Crippen molar-refractivity contribution in [2.45, 2.75) is 5.92 Å². The van der Waals surface area contributed by atoms with Crippen molar-refractivity contribution >= 4 is 0 Å². The van der Waals surface area contributed by atoms with Gasteiger partial charge in [0.1, 0.15) is 12.5 Å². The topological polar surface area (TPSA) is 33.0 Å². The summed E-state index contributed by atoms with van der Waals surface area (Å²) in [6, 6.07) is 1.48. The van der Waals surface area contributed by atoms with Crippen LogP contribution >= 0.6 is 0 Å². The quantitative estimate of drug-likeness (QED) is 0.489. The van der Waals surface area contributed by atoms with E-state index in [1.807, 2.05) is 0 Å². The van der Waals surface area contributed by atoms with E-state index in [1.54, 1.807) is 0 Å². The summed E-state index contributed by atoms with van der Waals surface area (Å²) in [7, 11) is 0. The highest BCUT2D eigenvalue weighted by Gasteiger charge is 2.45. The Kier molecular flexibility index (Phi) is 1.37. The molecule has 0 radical (unpaired) electrons. The van der Waals surface area contributed by atoms with E-state index in [0.717, 1.165) is 0 Å². The lowest BCUT2D eigenvalue weighted by atomic mass is 10.1. The van der Waals surface area contributed by atoms with Crippen LogP contribution in [0.5, 0.6) is 0 Å². The summed E-state index contributed by atoms with van der Waals surface area (Å²) in [5, 5.41) is 8.09. The number of rotatable bonds is 0. The summed E-state index contributed by atoms with van der Waals surface area (Å²) >= 11 is 0. The predicted molar refractivity (Wildman–Crippen MR) is 24.9 cm³/mol. The first-order valence-electron chi connectivity index (χ1n) is 2.52. The van der Waals surface area contributed by atoms with Crippen LogP contribution in [0.4, 0.5) is 8.78 Å². The smallest absolute Gasteiger partial charge is 0.288 e. The number of nitriles is 1. The Morgan fingerprint density at radius 3 is 2.56 bits per heavy atom. The second-order valence-electron chi connectivity index (χ2n) is 1.96. The minimum Gasteiger partial charge on any atom is -0.374 e. The third kappa shape index (κ3) is 1.01. The van der Waals surface area contributed by atoms with E-state index in [4.69, 9.17) is 5.26 Å². The zero-order chi connectivity index (χ0) is 6.91. The Morgan fingerprint density at radius 2 is 2.33 bits per heavy atom. The summed E-state index contributed by atoms with van der Waals surface area (Å²) in [6.45, 7) is -0.741. The number of alkyl halides is 2. The molecule has 0 saturated carbocycles. The number of ether oxygens (including phenoxy) is 1. The van der Waals surface area contributed by atoms with Crippen molar-refractivity contribution in [2.75, 3.05) is 13.2 Å². The van der Waals surface area contributed by atoms with Crippen molar-refractivity contribution in [2.24, 2.45) is 5.92 Å². The second-order valence-corrected chi connectivity index (χ2v) is 1.96. The van der Waals surface area contributed by atoms with Gasteiger partial charge in [-0.1, -0.05) is 0 Å². The van der Waals surface area contributed by atoms with Crippen LogP contribution in [-0.2, 0) is 4.74 Å². The lowest BCUT2D eigenvalue weighted by Crippen LogP contribution is -2.24. The molecule has 4 heteroatoms. The van der Waals surface area contributed by atoms with Crippen LogP contribution in [0, 0.1) is 17.2 Å². The highest BCUT2D eigenvalue weighted by Crippen LogP contribution is 2.29. The van der Waals surface area contributed by atoms with E-state index >= 15 is 0 Å². The van der Waals surface area contributed by atoms with Crippen LogP contribution < -0.4 is 0 Å². The molecule has 50 valence electrons. The molecule has 0 amide bonds. The highest BCUT2D eigenvalue weighted by atomic mass is 19.3. The standard InChI is InChI=1S/C5H5F2NO/c6-5(7)3-9-2-4(5)1-8/h4H,2-3H2. The van der Waals surface area contributed by atoms with Crippen LogP contribution in [0.3, 0.4) is 0 Å². The Morgan fingerprint density at radius 1 is 1.67 bits per heavy atom. The van der Waals surface area contributed by atoms with Gasteiger partial charge in [0, 0.05) is 0 Å². The first kappa shape index (κ1) is 6.43. The fraction of sp³-hybridized carbons (Fsp3) is 0.800. The number of nitrogens with zero attached hydrogens (tertiary/aromatic N) is 1. The first-order valence-corrected chi connectivity index (χ1v) is 2.52. The van der Waals surface area contributed by atoms with Gasteiger partial charge in [-0.3, -0.25) is 0 Å². The maximum absolute atomic E-state index is 12.3. The van der Waals surface area contributed by atoms with E-state index in [2.05, 4.69) is 4.74 Å².